The topological polar surface area (TPSA) is 55.4 Å². The van der Waals surface area contributed by atoms with Gasteiger partial charge >= 0.3 is 5.97 Å². The maximum atomic E-state index is 11.6. The molecule has 0 heterocycles. The molecule has 1 N–H and O–H groups in total. The van der Waals surface area contributed by atoms with Crippen molar-refractivity contribution in [3.63, 3.8) is 0 Å². The van der Waals surface area contributed by atoms with Crippen LogP contribution in [0.15, 0.2) is 34.8 Å². The fourth-order valence-corrected chi connectivity index (χ4v) is 1.67. The summed E-state index contributed by atoms with van der Waals surface area (Å²) in [7, 11) is 0. The molecule has 0 radical (unpaired) electrons. The van der Waals surface area contributed by atoms with Gasteiger partial charge in [-0.25, -0.2) is 4.79 Å². The van der Waals surface area contributed by atoms with Gasteiger partial charge in [0.05, 0.1) is 0 Å². The number of benzene rings is 1. The Bertz CT molecular complexity index is 494. The number of hydrogen-bond donors (Lipinski definition) is 1. The number of hydrogen-bond acceptors (Lipinski definition) is 3. The molecule has 1 amide bonds. The van der Waals surface area contributed by atoms with Crippen molar-refractivity contribution in [1.82, 2.24) is 5.32 Å². The zero-order valence-electron chi connectivity index (χ0n) is 11.7. The summed E-state index contributed by atoms with van der Waals surface area (Å²) >= 11 is 3.33. The summed E-state index contributed by atoms with van der Waals surface area (Å²) in [4.78, 5) is 23.2. The second-order valence-electron chi connectivity index (χ2n) is 4.63. The first-order chi connectivity index (χ1) is 9.38. The molecule has 20 heavy (non-hydrogen) atoms. The van der Waals surface area contributed by atoms with Crippen molar-refractivity contribution < 1.29 is 14.3 Å². The van der Waals surface area contributed by atoms with Gasteiger partial charge < -0.3 is 10.1 Å². The van der Waals surface area contributed by atoms with Gasteiger partial charge in [-0.3, -0.25) is 4.79 Å². The minimum absolute atomic E-state index is 0.0157. The van der Waals surface area contributed by atoms with Gasteiger partial charge in [0.1, 0.15) is 0 Å². The first kappa shape index (κ1) is 16.4. The number of amides is 1. The van der Waals surface area contributed by atoms with Gasteiger partial charge in [-0.1, -0.05) is 28.1 Å². The normalized spacial score (nSPS) is 12.4. The van der Waals surface area contributed by atoms with Crippen LogP contribution in [-0.4, -0.2) is 24.0 Å². The average molecular weight is 340 g/mol. The Morgan fingerprint density at radius 3 is 2.35 bits per heavy atom. The summed E-state index contributed by atoms with van der Waals surface area (Å²) in [6, 6.07) is 7.50. The molecule has 4 nitrogen and oxygen atoms in total. The first-order valence-electron chi connectivity index (χ1n) is 6.33. The minimum atomic E-state index is -0.806. The molecule has 0 spiro atoms. The van der Waals surface area contributed by atoms with Gasteiger partial charge in [0, 0.05) is 16.6 Å². The van der Waals surface area contributed by atoms with Crippen LogP contribution < -0.4 is 5.32 Å². The zero-order valence-corrected chi connectivity index (χ0v) is 13.3. The molecule has 0 aromatic heterocycles. The summed E-state index contributed by atoms with van der Waals surface area (Å²) in [6.45, 7) is 5.24. The summed E-state index contributed by atoms with van der Waals surface area (Å²) < 4.78 is 5.98. The van der Waals surface area contributed by atoms with Crippen molar-refractivity contribution in [3.8, 4) is 0 Å². The lowest BCUT2D eigenvalue weighted by Gasteiger charge is -2.14. The van der Waals surface area contributed by atoms with Gasteiger partial charge in [-0.15, -0.1) is 0 Å². The predicted molar refractivity (Wildman–Crippen MR) is 82.0 cm³/mol. The number of esters is 1. The molecule has 1 rings (SSSR count). The molecule has 0 aliphatic carbocycles. The number of ether oxygens (including phenoxy) is 1. The fraction of sp³-hybridized carbons (Fsp3) is 0.333. The van der Waals surface area contributed by atoms with Crippen molar-refractivity contribution in [2.75, 3.05) is 0 Å². The number of carbonyl (C=O) groups is 2. The van der Waals surface area contributed by atoms with Gasteiger partial charge in [-0.05, 0) is 44.5 Å². The maximum absolute atomic E-state index is 11.6. The highest BCUT2D eigenvalue weighted by molar-refractivity contribution is 9.10. The van der Waals surface area contributed by atoms with Crippen LogP contribution in [0.1, 0.15) is 26.3 Å². The molecular formula is C15H18BrNO3. The average Bonchev–Trinajstić information content (AvgIpc) is 2.37. The van der Waals surface area contributed by atoms with E-state index in [9.17, 15) is 9.59 Å². The molecule has 1 atom stereocenters. The number of carbonyl (C=O) groups excluding carboxylic acids is 2. The Kier molecular flexibility index (Phi) is 6.45. The summed E-state index contributed by atoms with van der Waals surface area (Å²) in [5, 5.41) is 2.68. The third kappa shape index (κ3) is 6.02. The highest BCUT2D eigenvalue weighted by Crippen LogP contribution is 2.11. The van der Waals surface area contributed by atoms with Crippen LogP contribution in [0.25, 0.3) is 6.08 Å². The lowest BCUT2D eigenvalue weighted by atomic mass is 10.2. The molecule has 0 aliphatic heterocycles. The largest absolute Gasteiger partial charge is 0.449 e. The van der Waals surface area contributed by atoms with E-state index in [0.29, 0.717) is 0 Å². The monoisotopic (exact) mass is 339 g/mol. The molecule has 0 fully saturated rings. The molecule has 0 saturated carbocycles. The Labute approximate surface area is 127 Å². The molecule has 0 aliphatic rings. The van der Waals surface area contributed by atoms with E-state index in [1.807, 2.05) is 38.1 Å². The SMILES string of the molecule is CC(C)NC(=O)C(C)OC(=O)/C=C/c1ccc(Br)cc1. The molecule has 108 valence electrons. The fourth-order valence-electron chi connectivity index (χ4n) is 1.41. The van der Waals surface area contributed by atoms with Crippen LogP contribution in [0.3, 0.4) is 0 Å². The van der Waals surface area contributed by atoms with Crippen LogP contribution in [-0.2, 0) is 14.3 Å². The molecule has 1 unspecified atom stereocenters. The highest BCUT2D eigenvalue weighted by Gasteiger charge is 2.16. The number of nitrogens with one attached hydrogen (secondary N) is 1. The van der Waals surface area contributed by atoms with Crippen LogP contribution in [0, 0.1) is 0 Å². The second-order valence-corrected chi connectivity index (χ2v) is 5.54. The van der Waals surface area contributed by atoms with Crippen LogP contribution >= 0.6 is 15.9 Å². The Hall–Kier alpha value is -1.62. The standard InChI is InChI=1S/C15H18BrNO3/c1-10(2)17-15(19)11(3)20-14(18)9-6-12-4-7-13(16)8-5-12/h4-11H,1-3H3,(H,17,19)/b9-6+. The predicted octanol–water partition coefficient (Wildman–Crippen LogP) is 2.92. The van der Waals surface area contributed by atoms with E-state index < -0.39 is 12.1 Å². The molecule has 5 heteroatoms. The summed E-state index contributed by atoms with van der Waals surface area (Å²) in [6.07, 6.45) is 2.14. The van der Waals surface area contributed by atoms with Crippen LogP contribution in [0.4, 0.5) is 0 Å². The molecular weight excluding hydrogens is 322 g/mol. The van der Waals surface area contributed by atoms with E-state index in [1.54, 1.807) is 13.0 Å². The summed E-state index contributed by atoms with van der Waals surface area (Å²) in [5.41, 5.74) is 0.879. The van der Waals surface area contributed by atoms with E-state index in [4.69, 9.17) is 4.74 Å². The van der Waals surface area contributed by atoms with E-state index in [2.05, 4.69) is 21.2 Å². The number of halogens is 1. The second kappa shape index (κ2) is 7.85. The molecule has 1 aromatic rings. The smallest absolute Gasteiger partial charge is 0.331 e. The third-order valence-corrected chi connectivity index (χ3v) is 2.90. The van der Waals surface area contributed by atoms with Crippen LogP contribution in [0.2, 0.25) is 0 Å². The van der Waals surface area contributed by atoms with Gasteiger partial charge in [0.2, 0.25) is 0 Å². The van der Waals surface area contributed by atoms with E-state index in [-0.39, 0.29) is 11.9 Å². The lowest BCUT2D eigenvalue weighted by Crippen LogP contribution is -2.39. The Morgan fingerprint density at radius 1 is 1.20 bits per heavy atom. The molecule has 1 aromatic carbocycles. The van der Waals surface area contributed by atoms with Gasteiger partial charge in [0.15, 0.2) is 6.10 Å². The van der Waals surface area contributed by atoms with Crippen molar-refractivity contribution in [1.29, 1.82) is 0 Å². The maximum Gasteiger partial charge on any atom is 0.331 e. The lowest BCUT2D eigenvalue weighted by molar-refractivity contribution is -0.150. The van der Waals surface area contributed by atoms with E-state index in [0.717, 1.165) is 10.0 Å². The van der Waals surface area contributed by atoms with Gasteiger partial charge in [0.25, 0.3) is 5.91 Å². The molecule has 0 saturated heterocycles. The van der Waals surface area contributed by atoms with Crippen LogP contribution in [0.5, 0.6) is 0 Å². The Morgan fingerprint density at radius 2 is 1.80 bits per heavy atom. The third-order valence-electron chi connectivity index (χ3n) is 2.37. The van der Waals surface area contributed by atoms with E-state index >= 15 is 0 Å². The highest BCUT2D eigenvalue weighted by atomic mass is 79.9. The minimum Gasteiger partial charge on any atom is -0.449 e. The van der Waals surface area contributed by atoms with Crippen molar-refractivity contribution in [3.05, 3.63) is 40.4 Å². The molecule has 0 bridgehead atoms. The zero-order chi connectivity index (χ0) is 15.1. The van der Waals surface area contributed by atoms with Crippen molar-refractivity contribution in [2.45, 2.75) is 32.9 Å². The van der Waals surface area contributed by atoms with E-state index in [1.165, 1.54) is 6.08 Å². The van der Waals surface area contributed by atoms with Crippen molar-refractivity contribution >= 4 is 33.9 Å². The summed E-state index contributed by atoms with van der Waals surface area (Å²) in [5.74, 6) is -0.843. The first-order valence-corrected chi connectivity index (χ1v) is 7.12. The van der Waals surface area contributed by atoms with Crippen molar-refractivity contribution in [2.24, 2.45) is 0 Å². The Balaban J connectivity index is 2.50. The number of rotatable bonds is 5. The quantitative estimate of drug-likeness (QED) is 0.662. The van der Waals surface area contributed by atoms with Gasteiger partial charge in [-0.2, -0.15) is 0 Å².